The van der Waals surface area contributed by atoms with Gasteiger partial charge in [0.1, 0.15) is 10.8 Å². The fourth-order valence-electron chi connectivity index (χ4n) is 3.94. The standard InChI is InChI=1S/C19H18ClFN2O2S/c1-19(22-17(24)15-7-8-16(20)25-15)9-10-23(18(19)26)14-6-5-11-12(14)3-2-4-13(11)21/h2-4,7-8,14H,5-6,9-10H2,1H3,(H,22,24)/t14-,19+/m1/s1. The van der Waals surface area contributed by atoms with E-state index in [1.807, 2.05) is 13.0 Å². The van der Waals surface area contributed by atoms with Crippen LogP contribution in [0.4, 0.5) is 4.39 Å². The van der Waals surface area contributed by atoms with Crippen molar-refractivity contribution < 1.29 is 13.6 Å². The van der Waals surface area contributed by atoms with Gasteiger partial charge < -0.3 is 14.6 Å². The minimum atomic E-state index is -0.651. The molecule has 1 aromatic carbocycles. The number of benzene rings is 1. The second-order valence-corrected chi connectivity index (χ2v) is 7.76. The third-order valence-corrected chi connectivity index (χ3v) is 6.22. The van der Waals surface area contributed by atoms with E-state index >= 15 is 0 Å². The number of rotatable bonds is 3. The first-order valence-electron chi connectivity index (χ1n) is 8.55. The molecule has 2 aliphatic rings. The van der Waals surface area contributed by atoms with Gasteiger partial charge in [0.25, 0.3) is 5.91 Å². The zero-order chi connectivity index (χ0) is 18.5. The lowest BCUT2D eigenvalue weighted by atomic mass is 10.0. The smallest absolute Gasteiger partial charge is 0.287 e. The molecule has 0 spiro atoms. The number of furan rings is 1. The van der Waals surface area contributed by atoms with Gasteiger partial charge in [-0.3, -0.25) is 4.79 Å². The predicted octanol–water partition coefficient (Wildman–Crippen LogP) is 4.28. The molecule has 2 aromatic rings. The summed E-state index contributed by atoms with van der Waals surface area (Å²) >= 11 is 11.5. The fraction of sp³-hybridized carbons (Fsp3) is 0.368. The van der Waals surface area contributed by atoms with Crippen LogP contribution in [0.15, 0.2) is 34.7 Å². The summed E-state index contributed by atoms with van der Waals surface area (Å²) in [4.78, 5) is 15.2. The van der Waals surface area contributed by atoms with Gasteiger partial charge in [0.05, 0.1) is 11.6 Å². The minimum absolute atomic E-state index is 0.0602. The average Bonchev–Trinajstić information content (AvgIpc) is 3.28. The number of hydrogen-bond acceptors (Lipinski definition) is 3. The van der Waals surface area contributed by atoms with E-state index < -0.39 is 5.54 Å². The van der Waals surface area contributed by atoms with E-state index in [1.54, 1.807) is 6.07 Å². The number of nitrogens with zero attached hydrogens (tertiary/aromatic N) is 1. The van der Waals surface area contributed by atoms with Gasteiger partial charge in [-0.2, -0.15) is 0 Å². The zero-order valence-electron chi connectivity index (χ0n) is 14.2. The predicted molar refractivity (Wildman–Crippen MR) is 101 cm³/mol. The lowest BCUT2D eigenvalue weighted by Gasteiger charge is -2.31. The first kappa shape index (κ1) is 17.5. The van der Waals surface area contributed by atoms with Crippen molar-refractivity contribution in [2.45, 2.75) is 37.8 Å². The number of halogens is 2. The van der Waals surface area contributed by atoms with E-state index in [1.165, 1.54) is 18.2 Å². The van der Waals surface area contributed by atoms with Gasteiger partial charge in [0, 0.05) is 6.54 Å². The molecule has 26 heavy (non-hydrogen) atoms. The Balaban J connectivity index is 1.54. The van der Waals surface area contributed by atoms with Crippen LogP contribution < -0.4 is 5.32 Å². The SMILES string of the molecule is C[C@]1(NC(=O)c2ccc(Cl)o2)CCN([C@@H]2CCc3c(F)cccc32)C1=S. The topological polar surface area (TPSA) is 45.5 Å². The van der Waals surface area contributed by atoms with Crippen molar-refractivity contribution in [1.29, 1.82) is 0 Å². The van der Waals surface area contributed by atoms with Gasteiger partial charge in [-0.25, -0.2) is 4.39 Å². The second kappa shape index (κ2) is 6.35. The quantitative estimate of drug-likeness (QED) is 0.792. The Morgan fingerprint density at radius 1 is 1.42 bits per heavy atom. The third kappa shape index (κ3) is 2.81. The number of nitrogens with one attached hydrogen (secondary N) is 1. The molecular formula is C19H18ClFN2O2S. The molecule has 0 unspecified atom stereocenters. The summed E-state index contributed by atoms with van der Waals surface area (Å²) in [7, 11) is 0. The van der Waals surface area contributed by atoms with Crippen LogP contribution >= 0.6 is 23.8 Å². The Morgan fingerprint density at radius 3 is 2.96 bits per heavy atom. The normalized spacial score (nSPS) is 24.8. The molecule has 1 saturated heterocycles. The Kier molecular flexibility index (Phi) is 4.28. The maximum atomic E-state index is 14.0. The molecule has 0 saturated carbocycles. The highest BCUT2D eigenvalue weighted by Crippen LogP contribution is 2.41. The number of fused-ring (bicyclic) bond motifs is 1. The van der Waals surface area contributed by atoms with Crippen LogP contribution in [0.2, 0.25) is 5.22 Å². The molecule has 2 heterocycles. The largest absolute Gasteiger partial charge is 0.440 e. The van der Waals surface area contributed by atoms with E-state index in [-0.39, 0.29) is 28.7 Å². The molecule has 1 aromatic heterocycles. The number of thiocarbonyl (C=S) groups is 1. The van der Waals surface area contributed by atoms with E-state index in [2.05, 4.69) is 10.2 Å². The van der Waals surface area contributed by atoms with Crippen molar-refractivity contribution in [1.82, 2.24) is 10.2 Å². The Labute approximate surface area is 161 Å². The summed E-state index contributed by atoms with van der Waals surface area (Å²) in [6.45, 7) is 2.63. The molecule has 1 aliphatic heterocycles. The van der Waals surface area contributed by atoms with E-state index in [9.17, 15) is 9.18 Å². The van der Waals surface area contributed by atoms with Gasteiger partial charge in [-0.15, -0.1) is 0 Å². The van der Waals surface area contributed by atoms with Crippen molar-refractivity contribution in [2.75, 3.05) is 6.54 Å². The van der Waals surface area contributed by atoms with Crippen LogP contribution in [0.25, 0.3) is 0 Å². The number of carbonyl (C=O) groups is 1. The van der Waals surface area contributed by atoms with E-state index in [4.69, 9.17) is 28.2 Å². The van der Waals surface area contributed by atoms with Crippen LogP contribution in [0.3, 0.4) is 0 Å². The highest BCUT2D eigenvalue weighted by Gasteiger charge is 2.45. The summed E-state index contributed by atoms with van der Waals surface area (Å²) in [5.74, 6) is -0.340. The Hall–Kier alpha value is -1.92. The molecule has 1 N–H and O–H groups in total. The minimum Gasteiger partial charge on any atom is -0.440 e. The van der Waals surface area contributed by atoms with Crippen molar-refractivity contribution >= 4 is 34.7 Å². The van der Waals surface area contributed by atoms with Gasteiger partial charge in [-0.05, 0) is 67.1 Å². The molecule has 4 rings (SSSR count). The average molecular weight is 393 g/mol. The molecule has 1 amide bonds. The molecule has 1 aliphatic carbocycles. The van der Waals surface area contributed by atoms with Crippen LogP contribution in [-0.4, -0.2) is 27.9 Å². The number of carbonyl (C=O) groups excluding carboxylic acids is 1. The van der Waals surface area contributed by atoms with Crippen LogP contribution in [0, 0.1) is 5.82 Å². The fourth-order valence-corrected chi connectivity index (χ4v) is 4.46. The zero-order valence-corrected chi connectivity index (χ0v) is 15.8. The van der Waals surface area contributed by atoms with Crippen molar-refractivity contribution in [3.05, 3.63) is 58.3 Å². The summed E-state index contributed by atoms with van der Waals surface area (Å²) in [6.07, 6.45) is 2.22. The van der Waals surface area contributed by atoms with Gasteiger partial charge in [0.2, 0.25) is 0 Å². The molecule has 4 nitrogen and oxygen atoms in total. The summed E-state index contributed by atoms with van der Waals surface area (Å²) in [5, 5.41) is 3.14. The van der Waals surface area contributed by atoms with E-state index in [0.29, 0.717) is 17.8 Å². The molecule has 0 radical (unpaired) electrons. The molecule has 2 atom stereocenters. The monoisotopic (exact) mass is 392 g/mol. The van der Waals surface area contributed by atoms with E-state index in [0.717, 1.165) is 24.1 Å². The van der Waals surface area contributed by atoms with Crippen molar-refractivity contribution in [3.63, 3.8) is 0 Å². The molecule has 136 valence electrons. The van der Waals surface area contributed by atoms with Crippen molar-refractivity contribution in [2.24, 2.45) is 0 Å². The number of amides is 1. The Bertz CT molecular complexity index is 899. The highest BCUT2D eigenvalue weighted by molar-refractivity contribution is 7.80. The second-order valence-electron chi connectivity index (χ2n) is 7.00. The van der Waals surface area contributed by atoms with Crippen molar-refractivity contribution in [3.8, 4) is 0 Å². The number of likely N-dealkylation sites (tertiary alicyclic amines) is 1. The van der Waals surface area contributed by atoms with Gasteiger partial charge in [0.15, 0.2) is 11.0 Å². The maximum Gasteiger partial charge on any atom is 0.287 e. The molecule has 1 fully saturated rings. The van der Waals surface area contributed by atoms with Crippen LogP contribution in [0.1, 0.15) is 47.5 Å². The first-order chi connectivity index (χ1) is 12.4. The summed E-state index contributed by atoms with van der Waals surface area (Å²) in [6, 6.07) is 8.34. The van der Waals surface area contributed by atoms with Gasteiger partial charge in [-0.1, -0.05) is 24.4 Å². The maximum absolute atomic E-state index is 14.0. The Morgan fingerprint density at radius 2 is 2.23 bits per heavy atom. The molecule has 7 heteroatoms. The van der Waals surface area contributed by atoms with Crippen LogP contribution in [-0.2, 0) is 6.42 Å². The lowest BCUT2D eigenvalue weighted by molar-refractivity contribution is 0.0900. The lowest BCUT2D eigenvalue weighted by Crippen LogP contribution is -2.51. The van der Waals surface area contributed by atoms with Gasteiger partial charge >= 0.3 is 0 Å². The third-order valence-electron chi connectivity index (χ3n) is 5.33. The molecule has 0 bridgehead atoms. The first-order valence-corrected chi connectivity index (χ1v) is 9.34. The summed E-state index contributed by atoms with van der Waals surface area (Å²) < 4.78 is 19.2. The highest BCUT2D eigenvalue weighted by atomic mass is 35.5. The number of hydrogen-bond donors (Lipinski definition) is 1. The van der Waals surface area contributed by atoms with Crippen LogP contribution in [0.5, 0.6) is 0 Å². The molecular weight excluding hydrogens is 375 g/mol. The summed E-state index contributed by atoms with van der Waals surface area (Å²) in [5.41, 5.74) is 1.13.